The van der Waals surface area contributed by atoms with Gasteiger partial charge in [0.1, 0.15) is 0 Å². The molecule has 2 rings (SSSR count). The SMILES string of the molecule is CCOC(=O)C1(C)C[C@H]2CC(F)(F)C[C@H]2C1. The Morgan fingerprint density at radius 1 is 1.25 bits per heavy atom. The molecule has 2 aliphatic carbocycles. The molecular formula is C12H18F2O2. The molecule has 2 nitrogen and oxygen atoms in total. The number of rotatable bonds is 2. The number of halogens is 2. The zero-order valence-corrected chi connectivity index (χ0v) is 9.76. The van der Waals surface area contributed by atoms with Crippen molar-refractivity contribution in [3.05, 3.63) is 0 Å². The van der Waals surface area contributed by atoms with Crippen molar-refractivity contribution in [1.29, 1.82) is 0 Å². The first-order valence-electron chi connectivity index (χ1n) is 5.91. The highest BCUT2D eigenvalue weighted by Crippen LogP contribution is 2.57. The summed E-state index contributed by atoms with van der Waals surface area (Å²) < 4.78 is 31.3. The van der Waals surface area contributed by atoms with E-state index in [1.807, 2.05) is 6.92 Å². The molecule has 0 N–H and O–H groups in total. The Hall–Kier alpha value is -0.670. The van der Waals surface area contributed by atoms with Crippen molar-refractivity contribution < 1.29 is 18.3 Å². The lowest BCUT2D eigenvalue weighted by atomic mass is 9.86. The average Bonchev–Trinajstić information content (AvgIpc) is 2.55. The van der Waals surface area contributed by atoms with Crippen LogP contribution in [0.2, 0.25) is 0 Å². The normalized spacial score (nSPS) is 40.8. The van der Waals surface area contributed by atoms with Crippen LogP contribution in [0.3, 0.4) is 0 Å². The average molecular weight is 232 g/mol. The van der Waals surface area contributed by atoms with E-state index in [0.29, 0.717) is 19.4 Å². The molecule has 0 spiro atoms. The first-order chi connectivity index (χ1) is 7.36. The summed E-state index contributed by atoms with van der Waals surface area (Å²) in [6.45, 7) is 3.98. The van der Waals surface area contributed by atoms with Crippen LogP contribution >= 0.6 is 0 Å². The summed E-state index contributed by atoms with van der Waals surface area (Å²) in [4.78, 5) is 11.7. The predicted octanol–water partition coefficient (Wildman–Crippen LogP) is 3.01. The Bertz CT molecular complexity index is 285. The lowest BCUT2D eigenvalue weighted by Gasteiger charge is -2.23. The summed E-state index contributed by atoms with van der Waals surface area (Å²) in [6, 6.07) is 0. The molecule has 0 saturated heterocycles. The number of carbonyl (C=O) groups excluding carboxylic acids is 1. The molecule has 0 heterocycles. The summed E-state index contributed by atoms with van der Waals surface area (Å²) >= 11 is 0. The quantitative estimate of drug-likeness (QED) is 0.684. The molecule has 1 unspecified atom stereocenters. The third-order valence-electron chi connectivity index (χ3n) is 3.98. The molecule has 0 aromatic rings. The molecule has 0 radical (unpaired) electrons. The smallest absolute Gasteiger partial charge is 0.311 e. The lowest BCUT2D eigenvalue weighted by molar-refractivity contribution is -0.154. The number of alkyl halides is 2. The number of hydrogen-bond acceptors (Lipinski definition) is 2. The van der Waals surface area contributed by atoms with Crippen LogP contribution in [0, 0.1) is 17.3 Å². The van der Waals surface area contributed by atoms with Crippen LogP contribution in [0.15, 0.2) is 0 Å². The highest BCUT2D eigenvalue weighted by Gasteiger charge is 2.56. The maximum absolute atomic E-state index is 13.2. The molecule has 0 aromatic carbocycles. The number of ether oxygens (including phenoxy) is 1. The Kier molecular flexibility index (Phi) is 2.71. The summed E-state index contributed by atoms with van der Waals surface area (Å²) in [6.07, 6.45) is 1.03. The van der Waals surface area contributed by atoms with Gasteiger partial charge in [-0.1, -0.05) is 0 Å². The molecule has 0 aromatic heterocycles. The molecule has 0 bridgehead atoms. The van der Waals surface area contributed by atoms with E-state index < -0.39 is 11.3 Å². The van der Waals surface area contributed by atoms with Gasteiger partial charge in [-0.25, -0.2) is 8.78 Å². The van der Waals surface area contributed by atoms with Crippen LogP contribution in [-0.4, -0.2) is 18.5 Å². The van der Waals surface area contributed by atoms with E-state index in [-0.39, 0.29) is 30.6 Å². The van der Waals surface area contributed by atoms with Gasteiger partial charge in [-0.3, -0.25) is 4.79 Å². The number of esters is 1. The first-order valence-corrected chi connectivity index (χ1v) is 5.91. The van der Waals surface area contributed by atoms with Crippen molar-refractivity contribution in [1.82, 2.24) is 0 Å². The van der Waals surface area contributed by atoms with Crippen molar-refractivity contribution in [2.45, 2.75) is 45.5 Å². The summed E-state index contributed by atoms with van der Waals surface area (Å²) in [5, 5.41) is 0. The van der Waals surface area contributed by atoms with Crippen LogP contribution < -0.4 is 0 Å². The monoisotopic (exact) mass is 232 g/mol. The van der Waals surface area contributed by atoms with Gasteiger partial charge >= 0.3 is 5.97 Å². The van der Waals surface area contributed by atoms with Crippen molar-refractivity contribution in [2.24, 2.45) is 17.3 Å². The van der Waals surface area contributed by atoms with Crippen LogP contribution in [0.5, 0.6) is 0 Å². The van der Waals surface area contributed by atoms with Gasteiger partial charge in [0.15, 0.2) is 0 Å². The highest BCUT2D eigenvalue weighted by atomic mass is 19.3. The second-order valence-electron chi connectivity index (χ2n) is 5.47. The van der Waals surface area contributed by atoms with Crippen LogP contribution in [0.25, 0.3) is 0 Å². The zero-order valence-electron chi connectivity index (χ0n) is 9.76. The Labute approximate surface area is 94.3 Å². The molecule has 4 heteroatoms. The van der Waals surface area contributed by atoms with Crippen molar-refractivity contribution in [3.63, 3.8) is 0 Å². The largest absolute Gasteiger partial charge is 0.466 e. The number of fused-ring (bicyclic) bond motifs is 1. The molecular weight excluding hydrogens is 214 g/mol. The predicted molar refractivity (Wildman–Crippen MR) is 55.1 cm³/mol. The fraction of sp³-hybridized carbons (Fsp3) is 0.917. The lowest BCUT2D eigenvalue weighted by Crippen LogP contribution is -2.28. The fourth-order valence-electron chi connectivity index (χ4n) is 3.37. The van der Waals surface area contributed by atoms with Gasteiger partial charge in [0.05, 0.1) is 12.0 Å². The van der Waals surface area contributed by atoms with E-state index in [9.17, 15) is 13.6 Å². The molecule has 0 amide bonds. The molecule has 16 heavy (non-hydrogen) atoms. The number of hydrogen-bond donors (Lipinski definition) is 0. The standard InChI is InChI=1S/C12H18F2O2/c1-3-16-10(15)11(2)4-8-6-12(13,14)7-9(8)5-11/h8-9H,3-7H2,1-2H3/t8-,9+,11?. The van der Waals surface area contributed by atoms with E-state index in [1.54, 1.807) is 6.92 Å². The Morgan fingerprint density at radius 2 is 1.75 bits per heavy atom. The van der Waals surface area contributed by atoms with Gasteiger partial charge in [0, 0.05) is 12.8 Å². The number of carbonyl (C=O) groups is 1. The summed E-state index contributed by atoms with van der Waals surface area (Å²) in [5.74, 6) is -2.72. The van der Waals surface area contributed by atoms with Crippen molar-refractivity contribution in [3.8, 4) is 0 Å². The topological polar surface area (TPSA) is 26.3 Å². The Balaban J connectivity index is 2.03. The molecule has 3 atom stereocenters. The maximum Gasteiger partial charge on any atom is 0.311 e. The van der Waals surface area contributed by atoms with Crippen LogP contribution in [-0.2, 0) is 9.53 Å². The van der Waals surface area contributed by atoms with Gasteiger partial charge in [-0.2, -0.15) is 0 Å². The first kappa shape index (κ1) is 11.8. The van der Waals surface area contributed by atoms with Crippen LogP contribution in [0.1, 0.15) is 39.5 Å². The minimum absolute atomic E-state index is 0.00408. The summed E-state index contributed by atoms with van der Waals surface area (Å²) in [5.41, 5.74) is -0.526. The zero-order chi connectivity index (χ0) is 12.0. The third kappa shape index (κ3) is 1.94. The van der Waals surface area contributed by atoms with E-state index in [4.69, 9.17) is 4.74 Å². The van der Waals surface area contributed by atoms with Gasteiger partial charge in [0.25, 0.3) is 0 Å². The maximum atomic E-state index is 13.2. The second-order valence-corrected chi connectivity index (χ2v) is 5.47. The van der Waals surface area contributed by atoms with Crippen molar-refractivity contribution >= 4 is 5.97 Å². The Morgan fingerprint density at radius 3 is 2.19 bits per heavy atom. The molecule has 2 aliphatic rings. The van der Waals surface area contributed by atoms with E-state index >= 15 is 0 Å². The van der Waals surface area contributed by atoms with Crippen LogP contribution in [0.4, 0.5) is 8.78 Å². The summed E-state index contributed by atoms with van der Waals surface area (Å²) in [7, 11) is 0. The van der Waals surface area contributed by atoms with E-state index in [2.05, 4.69) is 0 Å². The molecule has 2 fully saturated rings. The van der Waals surface area contributed by atoms with E-state index in [1.165, 1.54) is 0 Å². The molecule has 2 saturated carbocycles. The minimum atomic E-state index is -2.51. The fourth-order valence-corrected chi connectivity index (χ4v) is 3.37. The van der Waals surface area contributed by atoms with Crippen molar-refractivity contribution in [2.75, 3.05) is 6.61 Å². The van der Waals surface area contributed by atoms with Gasteiger partial charge < -0.3 is 4.74 Å². The van der Waals surface area contributed by atoms with Gasteiger partial charge in [0.2, 0.25) is 5.92 Å². The van der Waals surface area contributed by atoms with Gasteiger partial charge in [-0.15, -0.1) is 0 Å². The third-order valence-corrected chi connectivity index (χ3v) is 3.98. The molecule has 92 valence electrons. The second kappa shape index (κ2) is 3.67. The molecule has 0 aliphatic heterocycles. The van der Waals surface area contributed by atoms with Gasteiger partial charge in [-0.05, 0) is 38.5 Å². The van der Waals surface area contributed by atoms with E-state index in [0.717, 1.165) is 0 Å². The highest BCUT2D eigenvalue weighted by molar-refractivity contribution is 5.76. The minimum Gasteiger partial charge on any atom is -0.466 e.